The first-order valence-corrected chi connectivity index (χ1v) is 9.93. The summed E-state index contributed by atoms with van der Waals surface area (Å²) in [6, 6.07) is 21.4. The lowest BCUT2D eigenvalue weighted by Crippen LogP contribution is -2.30. The number of rotatable bonds is 7. The molecule has 2 amide bonds. The van der Waals surface area contributed by atoms with Crippen molar-refractivity contribution in [3.8, 4) is 0 Å². The van der Waals surface area contributed by atoms with Gasteiger partial charge >= 0.3 is 5.97 Å². The van der Waals surface area contributed by atoms with Gasteiger partial charge in [-0.25, -0.2) is 4.79 Å². The van der Waals surface area contributed by atoms with Crippen LogP contribution in [0.1, 0.15) is 40.1 Å². The number of hydrogen-bond acceptors (Lipinski definition) is 5. The van der Waals surface area contributed by atoms with Gasteiger partial charge < -0.3 is 15.4 Å². The number of ether oxygens (including phenoxy) is 1. The minimum absolute atomic E-state index is 0.0839. The van der Waals surface area contributed by atoms with Crippen LogP contribution in [0.5, 0.6) is 0 Å². The predicted molar refractivity (Wildman–Crippen MR) is 121 cm³/mol. The summed E-state index contributed by atoms with van der Waals surface area (Å²) in [5.41, 5.74) is 1.80. The molecule has 0 spiro atoms. The minimum Gasteiger partial charge on any atom is -0.449 e. The summed E-state index contributed by atoms with van der Waals surface area (Å²) in [4.78, 5) is 49.1. The number of hydrogen-bond donors (Lipinski definition) is 2. The lowest BCUT2D eigenvalue weighted by Gasteiger charge is -2.15. The van der Waals surface area contributed by atoms with Crippen LogP contribution in [0.25, 0.3) is 0 Å². The van der Waals surface area contributed by atoms with Gasteiger partial charge in [-0.05, 0) is 37.3 Å². The van der Waals surface area contributed by atoms with Crippen LogP contribution >= 0.6 is 0 Å². The van der Waals surface area contributed by atoms with Gasteiger partial charge in [0.2, 0.25) is 5.91 Å². The van der Waals surface area contributed by atoms with Crippen LogP contribution in [0.4, 0.5) is 11.4 Å². The van der Waals surface area contributed by atoms with E-state index < -0.39 is 18.0 Å². The van der Waals surface area contributed by atoms with Crippen molar-refractivity contribution >= 4 is 34.9 Å². The quantitative estimate of drug-likeness (QED) is 0.435. The SMILES string of the molecule is CC(=O)Nc1ccc(NC(=O)C(C)OC(=O)c2ccccc2C(=O)c2ccccc2)cc1. The Bertz CT molecular complexity index is 1140. The fourth-order valence-electron chi connectivity index (χ4n) is 2.97. The summed E-state index contributed by atoms with van der Waals surface area (Å²) in [5, 5.41) is 5.28. The van der Waals surface area contributed by atoms with Crippen molar-refractivity contribution in [3.05, 3.63) is 95.6 Å². The molecule has 3 aromatic rings. The van der Waals surface area contributed by atoms with Gasteiger partial charge in [-0.15, -0.1) is 0 Å². The zero-order chi connectivity index (χ0) is 23.1. The Balaban J connectivity index is 1.67. The van der Waals surface area contributed by atoms with Gasteiger partial charge in [0.15, 0.2) is 11.9 Å². The van der Waals surface area contributed by atoms with E-state index in [9.17, 15) is 19.2 Å². The highest BCUT2D eigenvalue weighted by Gasteiger charge is 2.23. The number of benzene rings is 3. The standard InChI is InChI=1S/C25H22N2O5/c1-16(24(30)27-20-14-12-19(13-15-20)26-17(2)28)32-25(31)22-11-7-6-10-21(22)23(29)18-8-4-3-5-9-18/h3-16H,1-2H3,(H,26,28)(H,27,30). The molecule has 0 bridgehead atoms. The van der Waals surface area contributed by atoms with Crippen LogP contribution in [0.3, 0.4) is 0 Å². The summed E-state index contributed by atoms with van der Waals surface area (Å²) >= 11 is 0. The van der Waals surface area contributed by atoms with Crippen molar-refractivity contribution in [2.24, 2.45) is 0 Å². The molecule has 162 valence electrons. The highest BCUT2D eigenvalue weighted by atomic mass is 16.5. The third kappa shape index (κ3) is 5.66. The van der Waals surface area contributed by atoms with E-state index in [1.807, 2.05) is 0 Å². The molecule has 0 aromatic heterocycles. The molecule has 0 aliphatic rings. The fraction of sp³-hybridized carbons (Fsp3) is 0.120. The van der Waals surface area contributed by atoms with E-state index in [2.05, 4.69) is 10.6 Å². The van der Waals surface area contributed by atoms with E-state index in [0.29, 0.717) is 16.9 Å². The first-order chi connectivity index (χ1) is 15.3. The zero-order valence-electron chi connectivity index (χ0n) is 17.6. The van der Waals surface area contributed by atoms with Gasteiger partial charge in [0.1, 0.15) is 0 Å². The summed E-state index contributed by atoms with van der Waals surface area (Å²) < 4.78 is 5.31. The number of nitrogens with one attached hydrogen (secondary N) is 2. The molecule has 0 fully saturated rings. The smallest absolute Gasteiger partial charge is 0.339 e. The fourth-order valence-corrected chi connectivity index (χ4v) is 2.97. The molecular formula is C25H22N2O5. The van der Waals surface area contributed by atoms with Crippen molar-refractivity contribution < 1.29 is 23.9 Å². The lowest BCUT2D eigenvalue weighted by atomic mass is 9.98. The molecule has 1 atom stereocenters. The Morgan fingerprint density at radius 2 is 1.25 bits per heavy atom. The van der Waals surface area contributed by atoms with E-state index in [4.69, 9.17) is 4.74 Å². The van der Waals surface area contributed by atoms with Gasteiger partial charge in [-0.1, -0.05) is 48.5 Å². The molecule has 1 unspecified atom stereocenters. The van der Waals surface area contributed by atoms with Crippen LogP contribution in [0.15, 0.2) is 78.9 Å². The summed E-state index contributed by atoms with van der Waals surface area (Å²) in [6.07, 6.45) is -1.10. The Labute approximate surface area is 185 Å². The van der Waals surface area contributed by atoms with E-state index in [1.165, 1.54) is 19.9 Å². The summed E-state index contributed by atoms with van der Waals surface area (Å²) in [6.45, 7) is 2.85. The van der Waals surface area contributed by atoms with Crippen LogP contribution in [0.2, 0.25) is 0 Å². The Morgan fingerprint density at radius 1 is 0.719 bits per heavy atom. The normalized spacial score (nSPS) is 11.2. The Hall–Kier alpha value is -4.26. The predicted octanol–water partition coefficient (Wildman–Crippen LogP) is 4.06. The van der Waals surface area contributed by atoms with E-state index in [-0.39, 0.29) is 22.8 Å². The second-order valence-corrected chi connectivity index (χ2v) is 7.04. The third-order valence-corrected chi connectivity index (χ3v) is 4.55. The molecule has 7 nitrogen and oxygen atoms in total. The number of esters is 1. The van der Waals surface area contributed by atoms with Gasteiger partial charge in [0, 0.05) is 29.4 Å². The Kier molecular flexibility index (Phi) is 7.13. The minimum atomic E-state index is -1.10. The highest BCUT2D eigenvalue weighted by Crippen LogP contribution is 2.18. The van der Waals surface area contributed by atoms with E-state index >= 15 is 0 Å². The molecule has 32 heavy (non-hydrogen) atoms. The van der Waals surface area contributed by atoms with Crippen LogP contribution < -0.4 is 10.6 Å². The molecule has 3 aromatic carbocycles. The number of ketones is 1. The number of anilines is 2. The second-order valence-electron chi connectivity index (χ2n) is 7.04. The monoisotopic (exact) mass is 430 g/mol. The first kappa shape index (κ1) is 22.4. The molecule has 0 radical (unpaired) electrons. The second kappa shape index (κ2) is 10.2. The third-order valence-electron chi connectivity index (χ3n) is 4.55. The summed E-state index contributed by atoms with van der Waals surface area (Å²) in [7, 11) is 0. The maximum atomic E-state index is 12.8. The molecule has 2 N–H and O–H groups in total. The van der Waals surface area contributed by atoms with E-state index in [1.54, 1.807) is 72.8 Å². The van der Waals surface area contributed by atoms with Crippen LogP contribution in [-0.2, 0) is 14.3 Å². The van der Waals surface area contributed by atoms with Crippen molar-refractivity contribution in [1.29, 1.82) is 0 Å². The van der Waals surface area contributed by atoms with E-state index in [0.717, 1.165) is 0 Å². The molecule has 0 saturated heterocycles. The molecule has 3 rings (SSSR count). The van der Waals surface area contributed by atoms with Crippen LogP contribution in [0, 0.1) is 0 Å². The molecule has 0 saturated carbocycles. The number of carbonyl (C=O) groups excluding carboxylic acids is 4. The number of carbonyl (C=O) groups is 4. The molecule has 7 heteroatoms. The van der Waals surface area contributed by atoms with Crippen molar-refractivity contribution in [3.63, 3.8) is 0 Å². The van der Waals surface area contributed by atoms with Gasteiger partial charge in [0.25, 0.3) is 5.91 Å². The molecule has 0 aliphatic carbocycles. The zero-order valence-corrected chi connectivity index (χ0v) is 17.6. The largest absolute Gasteiger partial charge is 0.449 e. The Morgan fingerprint density at radius 3 is 1.84 bits per heavy atom. The van der Waals surface area contributed by atoms with Crippen LogP contribution in [-0.4, -0.2) is 29.7 Å². The highest BCUT2D eigenvalue weighted by molar-refractivity contribution is 6.14. The maximum absolute atomic E-state index is 12.8. The maximum Gasteiger partial charge on any atom is 0.339 e. The number of amides is 2. The molecular weight excluding hydrogens is 408 g/mol. The van der Waals surface area contributed by atoms with Crippen molar-refractivity contribution in [2.45, 2.75) is 20.0 Å². The van der Waals surface area contributed by atoms with Gasteiger partial charge in [-0.3, -0.25) is 14.4 Å². The average molecular weight is 430 g/mol. The van der Waals surface area contributed by atoms with Crippen molar-refractivity contribution in [1.82, 2.24) is 0 Å². The molecule has 0 heterocycles. The van der Waals surface area contributed by atoms with Crippen molar-refractivity contribution in [2.75, 3.05) is 10.6 Å². The first-order valence-electron chi connectivity index (χ1n) is 9.93. The lowest BCUT2D eigenvalue weighted by molar-refractivity contribution is -0.123. The summed E-state index contributed by atoms with van der Waals surface area (Å²) in [5.74, 6) is -1.81. The van der Waals surface area contributed by atoms with Gasteiger partial charge in [0.05, 0.1) is 5.56 Å². The average Bonchev–Trinajstić information content (AvgIpc) is 2.80. The molecule has 0 aliphatic heterocycles. The van der Waals surface area contributed by atoms with Gasteiger partial charge in [-0.2, -0.15) is 0 Å². The topological polar surface area (TPSA) is 102 Å².